The summed E-state index contributed by atoms with van der Waals surface area (Å²) in [5, 5.41) is -0.245. The van der Waals surface area contributed by atoms with E-state index in [2.05, 4.69) is 20.9 Å². The zero-order valence-corrected chi connectivity index (χ0v) is 11.7. The fraction of sp³-hybridized carbons (Fsp3) is 0.250. The van der Waals surface area contributed by atoms with Crippen LogP contribution in [0, 0.1) is 0 Å². The number of nitrogens with zero attached hydrogens (tertiary/aromatic N) is 1. The van der Waals surface area contributed by atoms with Crippen molar-refractivity contribution in [1.29, 1.82) is 0 Å². The van der Waals surface area contributed by atoms with Crippen LogP contribution in [0.2, 0.25) is 0 Å². The third-order valence-corrected chi connectivity index (χ3v) is 2.97. The van der Waals surface area contributed by atoms with Crippen molar-refractivity contribution >= 4 is 27.5 Å². The minimum absolute atomic E-state index is 0.245. The molecule has 1 atom stereocenters. The molecule has 0 fully saturated rings. The molecule has 90 valence electrons. The smallest absolute Gasteiger partial charge is 0.212 e. The van der Waals surface area contributed by atoms with Gasteiger partial charge in [-0.1, -0.05) is 15.9 Å². The van der Waals surface area contributed by atoms with Crippen LogP contribution in [0.1, 0.15) is 18.2 Å². The second-order valence-corrected chi connectivity index (χ2v) is 5.09. The van der Waals surface area contributed by atoms with Crippen molar-refractivity contribution in [2.75, 3.05) is 7.11 Å². The predicted octanol–water partition coefficient (Wildman–Crippen LogP) is 4.41. The molecular formula is C12H11BrClNO2. The van der Waals surface area contributed by atoms with Gasteiger partial charge in [-0.2, -0.15) is 0 Å². The van der Waals surface area contributed by atoms with Crippen LogP contribution in [-0.4, -0.2) is 12.1 Å². The highest BCUT2D eigenvalue weighted by Gasteiger charge is 2.14. The van der Waals surface area contributed by atoms with Gasteiger partial charge in [-0.25, -0.2) is 4.98 Å². The van der Waals surface area contributed by atoms with Crippen molar-refractivity contribution in [3.8, 4) is 17.1 Å². The van der Waals surface area contributed by atoms with Crippen LogP contribution in [0.25, 0.3) is 11.3 Å². The van der Waals surface area contributed by atoms with E-state index in [4.69, 9.17) is 20.8 Å². The molecule has 0 amide bonds. The Bertz CT molecular complexity index is 525. The summed E-state index contributed by atoms with van der Waals surface area (Å²) in [6.07, 6.45) is 1.65. The van der Waals surface area contributed by atoms with E-state index in [0.29, 0.717) is 11.7 Å². The molecule has 0 saturated carbocycles. The first-order chi connectivity index (χ1) is 8.11. The van der Waals surface area contributed by atoms with Gasteiger partial charge in [0.15, 0.2) is 5.76 Å². The highest BCUT2D eigenvalue weighted by Crippen LogP contribution is 2.34. The molecule has 0 saturated heterocycles. The lowest BCUT2D eigenvalue weighted by Crippen LogP contribution is -1.86. The molecule has 1 heterocycles. The molecule has 0 bridgehead atoms. The molecule has 5 heteroatoms. The molecule has 0 aliphatic carbocycles. The summed E-state index contributed by atoms with van der Waals surface area (Å²) in [5.74, 6) is 1.88. The van der Waals surface area contributed by atoms with Crippen molar-refractivity contribution in [3.05, 3.63) is 34.8 Å². The van der Waals surface area contributed by atoms with Gasteiger partial charge in [0.25, 0.3) is 0 Å². The molecular weight excluding hydrogens is 305 g/mol. The summed E-state index contributed by atoms with van der Waals surface area (Å²) in [6.45, 7) is 1.82. The van der Waals surface area contributed by atoms with Crippen LogP contribution < -0.4 is 4.74 Å². The van der Waals surface area contributed by atoms with Crippen LogP contribution >= 0.6 is 27.5 Å². The number of aromatic nitrogens is 1. The molecule has 0 radical (unpaired) electrons. The van der Waals surface area contributed by atoms with Crippen LogP contribution in [0.5, 0.6) is 5.75 Å². The van der Waals surface area contributed by atoms with Gasteiger partial charge in [0.05, 0.1) is 18.9 Å². The van der Waals surface area contributed by atoms with Crippen LogP contribution in [-0.2, 0) is 0 Å². The van der Waals surface area contributed by atoms with Gasteiger partial charge in [-0.3, -0.25) is 0 Å². The molecule has 0 aliphatic rings. The largest absolute Gasteiger partial charge is 0.496 e. The summed E-state index contributed by atoms with van der Waals surface area (Å²) in [5.41, 5.74) is 0.853. The summed E-state index contributed by atoms with van der Waals surface area (Å²) < 4.78 is 11.8. The lowest BCUT2D eigenvalue weighted by Gasteiger charge is -2.06. The Morgan fingerprint density at radius 1 is 1.47 bits per heavy atom. The summed E-state index contributed by atoms with van der Waals surface area (Å²) in [6, 6.07) is 5.71. The highest BCUT2D eigenvalue weighted by molar-refractivity contribution is 9.10. The molecule has 1 aromatic heterocycles. The second-order valence-electron chi connectivity index (χ2n) is 3.52. The third-order valence-electron chi connectivity index (χ3n) is 2.29. The Morgan fingerprint density at radius 3 is 2.82 bits per heavy atom. The Hall–Kier alpha value is -1.00. The fourth-order valence-corrected chi connectivity index (χ4v) is 1.91. The fourth-order valence-electron chi connectivity index (χ4n) is 1.46. The predicted molar refractivity (Wildman–Crippen MR) is 70.5 cm³/mol. The molecule has 0 spiro atoms. The van der Waals surface area contributed by atoms with Gasteiger partial charge >= 0.3 is 0 Å². The zero-order chi connectivity index (χ0) is 12.4. The maximum Gasteiger partial charge on any atom is 0.212 e. The van der Waals surface area contributed by atoms with E-state index in [1.807, 2.05) is 25.1 Å². The number of ether oxygens (including phenoxy) is 1. The van der Waals surface area contributed by atoms with Gasteiger partial charge in [0.1, 0.15) is 11.1 Å². The average Bonchev–Trinajstić information content (AvgIpc) is 2.78. The maximum absolute atomic E-state index is 5.91. The van der Waals surface area contributed by atoms with Gasteiger partial charge in [-0.05, 0) is 25.1 Å². The monoisotopic (exact) mass is 315 g/mol. The number of methoxy groups -OCH3 is 1. The zero-order valence-electron chi connectivity index (χ0n) is 9.41. The van der Waals surface area contributed by atoms with Gasteiger partial charge < -0.3 is 9.15 Å². The van der Waals surface area contributed by atoms with E-state index in [0.717, 1.165) is 15.8 Å². The molecule has 0 N–H and O–H groups in total. The van der Waals surface area contributed by atoms with E-state index < -0.39 is 0 Å². The van der Waals surface area contributed by atoms with Crippen LogP contribution in [0.15, 0.2) is 33.3 Å². The van der Waals surface area contributed by atoms with Crippen molar-refractivity contribution in [1.82, 2.24) is 4.98 Å². The lowest BCUT2D eigenvalue weighted by atomic mass is 10.1. The van der Waals surface area contributed by atoms with Gasteiger partial charge in [0, 0.05) is 4.47 Å². The van der Waals surface area contributed by atoms with Gasteiger partial charge in [-0.15, -0.1) is 11.6 Å². The van der Waals surface area contributed by atoms with Crippen LogP contribution in [0.3, 0.4) is 0 Å². The van der Waals surface area contributed by atoms with Crippen molar-refractivity contribution in [3.63, 3.8) is 0 Å². The first-order valence-electron chi connectivity index (χ1n) is 5.05. The molecule has 1 aromatic carbocycles. The minimum atomic E-state index is -0.245. The standard InChI is InChI=1S/C12H11BrClNO2/c1-7(14)12-15-6-11(17-12)9-4-3-8(13)5-10(9)16-2/h3-7H,1-2H3. The molecule has 1 unspecified atom stereocenters. The molecule has 17 heavy (non-hydrogen) atoms. The van der Waals surface area contributed by atoms with E-state index in [-0.39, 0.29) is 5.38 Å². The lowest BCUT2D eigenvalue weighted by molar-refractivity contribution is 0.413. The molecule has 2 aromatic rings. The van der Waals surface area contributed by atoms with Crippen LogP contribution in [0.4, 0.5) is 0 Å². The summed E-state index contributed by atoms with van der Waals surface area (Å²) in [4.78, 5) is 4.12. The summed E-state index contributed by atoms with van der Waals surface area (Å²) >= 11 is 9.30. The number of oxazole rings is 1. The Labute approximate surface area is 113 Å². The molecule has 2 rings (SSSR count). The quantitative estimate of drug-likeness (QED) is 0.787. The number of alkyl halides is 1. The normalized spacial score (nSPS) is 12.5. The Balaban J connectivity index is 2.44. The van der Waals surface area contributed by atoms with E-state index >= 15 is 0 Å². The average molecular weight is 317 g/mol. The number of halogens is 2. The SMILES string of the molecule is COc1cc(Br)ccc1-c1cnc(C(C)Cl)o1. The first-order valence-corrected chi connectivity index (χ1v) is 6.28. The highest BCUT2D eigenvalue weighted by atomic mass is 79.9. The Morgan fingerprint density at radius 2 is 2.24 bits per heavy atom. The number of rotatable bonds is 3. The van der Waals surface area contributed by atoms with E-state index in [1.54, 1.807) is 13.3 Å². The van der Waals surface area contributed by atoms with E-state index in [1.165, 1.54) is 0 Å². The summed E-state index contributed by atoms with van der Waals surface area (Å²) in [7, 11) is 1.62. The number of hydrogen-bond acceptors (Lipinski definition) is 3. The van der Waals surface area contributed by atoms with Gasteiger partial charge in [0.2, 0.25) is 5.89 Å². The minimum Gasteiger partial charge on any atom is -0.496 e. The Kier molecular flexibility index (Phi) is 3.74. The third kappa shape index (κ3) is 2.64. The number of benzene rings is 1. The molecule has 3 nitrogen and oxygen atoms in total. The van der Waals surface area contributed by atoms with E-state index in [9.17, 15) is 0 Å². The maximum atomic E-state index is 5.91. The van der Waals surface area contributed by atoms with Crippen molar-refractivity contribution in [2.45, 2.75) is 12.3 Å². The molecule has 0 aliphatic heterocycles. The van der Waals surface area contributed by atoms with Crippen molar-refractivity contribution in [2.24, 2.45) is 0 Å². The topological polar surface area (TPSA) is 35.3 Å². The second kappa shape index (κ2) is 5.10. The number of hydrogen-bond donors (Lipinski definition) is 0. The first kappa shape index (κ1) is 12.5. The van der Waals surface area contributed by atoms with Crippen molar-refractivity contribution < 1.29 is 9.15 Å².